The molecule has 9 heteroatoms. The predicted octanol–water partition coefficient (Wildman–Crippen LogP) is 3.71. The first-order chi connectivity index (χ1) is 14.2. The first kappa shape index (κ1) is 17.6. The first-order valence-electron chi connectivity index (χ1n) is 8.69. The molecular weight excluding hydrogens is 396 g/mol. The summed E-state index contributed by atoms with van der Waals surface area (Å²) >= 11 is 1.61. The van der Waals surface area contributed by atoms with Crippen molar-refractivity contribution >= 4 is 29.3 Å². The number of ether oxygens (including phenoxy) is 3. The van der Waals surface area contributed by atoms with Gasteiger partial charge in [-0.1, -0.05) is 17.3 Å². The van der Waals surface area contributed by atoms with Gasteiger partial charge in [0, 0.05) is 33.9 Å². The third kappa shape index (κ3) is 2.90. The van der Waals surface area contributed by atoms with Crippen LogP contribution in [0.2, 0.25) is 0 Å². The Hall–Kier alpha value is -3.46. The number of hydrogen-bond acceptors (Lipinski definition) is 8. The second-order valence-electron chi connectivity index (χ2n) is 6.32. The fourth-order valence-electron chi connectivity index (χ4n) is 3.27. The lowest BCUT2D eigenvalue weighted by atomic mass is 10.1. The van der Waals surface area contributed by atoms with Crippen LogP contribution in [0, 0.1) is 0 Å². The number of fused-ring (bicyclic) bond motifs is 4. The molecule has 0 spiro atoms. The van der Waals surface area contributed by atoms with Crippen LogP contribution in [0.4, 0.5) is 5.69 Å². The number of methoxy groups -OCH3 is 1. The molecule has 2 aromatic carbocycles. The Morgan fingerprint density at radius 2 is 1.97 bits per heavy atom. The highest BCUT2D eigenvalue weighted by molar-refractivity contribution is 7.98. The highest BCUT2D eigenvalue weighted by Crippen LogP contribution is 2.43. The third-order valence-electron chi connectivity index (χ3n) is 4.67. The Balaban J connectivity index is 1.50. The molecule has 0 bridgehead atoms. The van der Waals surface area contributed by atoms with Crippen LogP contribution >= 0.6 is 11.8 Å². The van der Waals surface area contributed by atoms with Gasteiger partial charge in [-0.3, -0.25) is 4.79 Å². The van der Waals surface area contributed by atoms with Crippen LogP contribution in [0.3, 0.4) is 0 Å². The van der Waals surface area contributed by atoms with Gasteiger partial charge in [0.1, 0.15) is 0 Å². The fraction of sp³-hybridized carbons (Fsp3) is 0.150. The Labute approximate surface area is 169 Å². The number of amides is 1. The summed E-state index contributed by atoms with van der Waals surface area (Å²) in [5.74, 6) is 0.895. The van der Waals surface area contributed by atoms with Gasteiger partial charge in [0.15, 0.2) is 23.0 Å². The molecular formula is C20H14N2O6S. The normalized spacial score (nSPS) is 13.4. The van der Waals surface area contributed by atoms with E-state index in [1.54, 1.807) is 11.8 Å². The highest BCUT2D eigenvalue weighted by Gasteiger charge is 2.29. The average molecular weight is 410 g/mol. The third-order valence-corrected chi connectivity index (χ3v) is 5.77. The molecule has 0 aliphatic carbocycles. The summed E-state index contributed by atoms with van der Waals surface area (Å²) < 4.78 is 20.9. The molecule has 0 saturated carbocycles. The van der Waals surface area contributed by atoms with Crippen LogP contribution in [-0.4, -0.2) is 30.9 Å². The van der Waals surface area contributed by atoms with E-state index < -0.39 is 11.9 Å². The number of rotatable bonds is 3. The zero-order valence-electron chi connectivity index (χ0n) is 15.2. The minimum Gasteiger partial charge on any atom is -0.465 e. The van der Waals surface area contributed by atoms with Crippen molar-refractivity contribution in [1.82, 2.24) is 5.16 Å². The van der Waals surface area contributed by atoms with Gasteiger partial charge in [-0.05, 0) is 12.1 Å². The van der Waals surface area contributed by atoms with E-state index in [9.17, 15) is 9.59 Å². The minimum absolute atomic E-state index is 0.0424. The molecule has 1 amide bonds. The van der Waals surface area contributed by atoms with E-state index in [2.05, 4.69) is 10.5 Å². The van der Waals surface area contributed by atoms with E-state index in [0.717, 1.165) is 10.5 Å². The Kier molecular flexibility index (Phi) is 4.17. The lowest BCUT2D eigenvalue weighted by Gasteiger charge is -2.14. The molecule has 0 unspecified atom stereocenters. The summed E-state index contributed by atoms with van der Waals surface area (Å²) in [6.07, 6.45) is 0. The summed E-state index contributed by atoms with van der Waals surface area (Å²) in [7, 11) is 1.27. The van der Waals surface area contributed by atoms with E-state index in [0.29, 0.717) is 28.6 Å². The molecule has 5 rings (SSSR count). The lowest BCUT2D eigenvalue weighted by molar-refractivity contribution is 0.0601. The second-order valence-corrected chi connectivity index (χ2v) is 7.34. The molecule has 3 heterocycles. The maximum atomic E-state index is 13.0. The number of thioether (sulfide) groups is 1. The van der Waals surface area contributed by atoms with E-state index in [1.807, 2.05) is 24.3 Å². The quantitative estimate of drug-likeness (QED) is 0.652. The van der Waals surface area contributed by atoms with Gasteiger partial charge in [-0.15, -0.1) is 11.8 Å². The zero-order chi connectivity index (χ0) is 20.0. The molecule has 0 atom stereocenters. The molecule has 29 heavy (non-hydrogen) atoms. The number of anilines is 1. The van der Waals surface area contributed by atoms with Crippen molar-refractivity contribution in [2.24, 2.45) is 0 Å². The second kappa shape index (κ2) is 6.85. The fourth-order valence-corrected chi connectivity index (χ4v) is 4.33. The average Bonchev–Trinajstić information content (AvgIpc) is 3.39. The molecule has 2 aliphatic rings. The molecule has 0 saturated heterocycles. The summed E-state index contributed by atoms with van der Waals surface area (Å²) in [5.41, 5.74) is 2.19. The molecule has 1 aromatic heterocycles. The molecule has 3 aromatic rings. The van der Waals surface area contributed by atoms with Crippen molar-refractivity contribution in [3.8, 4) is 22.8 Å². The molecule has 8 nitrogen and oxygen atoms in total. The van der Waals surface area contributed by atoms with E-state index in [4.69, 9.17) is 18.7 Å². The van der Waals surface area contributed by atoms with Crippen LogP contribution in [0.15, 0.2) is 45.8 Å². The zero-order valence-corrected chi connectivity index (χ0v) is 16.0. The van der Waals surface area contributed by atoms with Gasteiger partial charge in [0.05, 0.1) is 18.4 Å². The van der Waals surface area contributed by atoms with Crippen molar-refractivity contribution < 1.29 is 28.3 Å². The van der Waals surface area contributed by atoms with Crippen LogP contribution in [-0.2, 0) is 10.5 Å². The van der Waals surface area contributed by atoms with Gasteiger partial charge >= 0.3 is 5.97 Å². The van der Waals surface area contributed by atoms with Gasteiger partial charge in [0.2, 0.25) is 6.79 Å². The van der Waals surface area contributed by atoms with Crippen molar-refractivity contribution in [2.75, 3.05) is 19.2 Å². The smallest absolute Gasteiger partial charge is 0.340 e. The van der Waals surface area contributed by atoms with E-state index in [-0.39, 0.29) is 23.7 Å². The predicted molar refractivity (Wildman–Crippen MR) is 103 cm³/mol. The number of esters is 1. The first-order valence-corrected chi connectivity index (χ1v) is 9.68. The minimum atomic E-state index is -0.606. The van der Waals surface area contributed by atoms with E-state index >= 15 is 0 Å². The van der Waals surface area contributed by atoms with Crippen LogP contribution < -0.4 is 14.8 Å². The standard InChI is InChI=1S/C20H14N2O6S/c1-25-20(24)11-6-14-15(27-9-26-14)7-13(11)21-19(23)17-12-8-29-16-5-3-2-4-10(16)18(12)28-22-17/h2-7H,8-9H2,1H3,(H,21,23). The molecule has 2 aliphatic heterocycles. The Morgan fingerprint density at radius 3 is 2.79 bits per heavy atom. The number of carbonyl (C=O) groups is 2. The number of hydrogen-bond donors (Lipinski definition) is 1. The topological polar surface area (TPSA) is 99.9 Å². The van der Waals surface area contributed by atoms with Crippen molar-refractivity contribution in [1.29, 1.82) is 0 Å². The van der Waals surface area contributed by atoms with Gasteiger partial charge in [-0.2, -0.15) is 0 Å². The van der Waals surface area contributed by atoms with Gasteiger partial charge < -0.3 is 24.1 Å². The van der Waals surface area contributed by atoms with Gasteiger partial charge in [-0.25, -0.2) is 4.79 Å². The Morgan fingerprint density at radius 1 is 1.17 bits per heavy atom. The maximum Gasteiger partial charge on any atom is 0.340 e. The summed E-state index contributed by atoms with van der Waals surface area (Å²) in [5, 5.41) is 6.71. The largest absolute Gasteiger partial charge is 0.465 e. The number of aromatic nitrogens is 1. The van der Waals surface area contributed by atoms with Crippen LogP contribution in [0.1, 0.15) is 26.4 Å². The lowest BCUT2D eigenvalue weighted by Crippen LogP contribution is -2.17. The summed E-state index contributed by atoms with van der Waals surface area (Å²) in [4.78, 5) is 26.2. The van der Waals surface area contributed by atoms with Crippen molar-refractivity contribution in [3.05, 3.63) is 53.2 Å². The molecule has 0 fully saturated rings. The Bertz CT molecular complexity index is 1160. The SMILES string of the molecule is COC(=O)c1cc2c(cc1NC(=O)c1noc3c1CSc1ccccc1-3)OCO2. The molecule has 146 valence electrons. The van der Waals surface area contributed by atoms with Crippen molar-refractivity contribution in [3.63, 3.8) is 0 Å². The number of nitrogens with one attached hydrogen (secondary N) is 1. The summed E-state index contributed by atoms with van der Waals surface area (Å²) in [6.45, 7) is 0.0424. The van der Waals surface area contributed by atoms with Crippen LogP contribution in [0.5, 0.6) is 11.5 Å². The number of nitrogens with zero attached hydrogens (tertiary/aromatic N) is 1. The molecule has 0 radical (unpaired) electrons. The number of carbonyl (C=O) groups excluding carboxylic acids is 2. The highest BCUT2D eigenvalue weighted by atomic mass is 32.2. The maximum absolute atomic E-state index is 13.0. The van der Waals surface area contributed by atoms with Gasteiger partial charge in [0.25, 0.3) is 5.91 Å². The number of benzene rings is 2. The summed E-state index contributed by atoms with van der Waals surface area (Å²) in [6, 6.07) is 10.8. The van der Waals surface area contributed by atoms with Crippen molar-refractivity contribution in [2.45, 2.75) is 10.6 Å². The monoisotopic (exact) mass is 410 g/mol. The molecule has 1 N–H and O–H groups in total. The van der Waals surface area contributed by atoms with E-state index in [1.165, 1.54) is 19.2 Å². The van der Waals surface area contributed by atoms with Crippen LogP contribution in [0.25, 0.3) is 11.3 Å².